The molecule has 0 atom stereocenters. The highest BCUT2D eigenvalue weighted by Gasteiger charge is 2.18. The van der Waals surface area contributed by atoms with Gasteiger partial charge in [0.25, 0.3) is 5.56 Å². The predicted molar refractivity (Wildman–Crippen MR) is 85.3 cm³/mol. The van der Waals surface area contributed by atoms with Crippen molar-refractivity contribution in [2.45, 2.75) is 39.5 Å². The normalized spacial score (nSPS) is 11.2. The van der Waals surface area contributed by atoms with Crippen LogP contribution in [0.1, 0.15) is 44.0 Å². The van der Waals surface area contributed by atoms with Crippen molar-refractivity contribution in [3.63, 3.8) is 0 Å². The second-order valence-electron chi connectivity index (χ2n) is 6.00. The van der Waals surface area contributed by atoms with Crippen molar-refractivity contribution in [2.24, 2.45) is 0 Å². The summed E-state index contributed by atoms with van der Waals surface area (Å²) in [5.74, 6) is 0. The van der Waals surface area contributed by atoms with Crippen LogP contribution >= 0.6 is 0 Å². The maximum absolute atomic E-state index is 11.9. The van der Waals surface area contributed by atoms with Crippen LogP contribution in [0, 0.1) is 18.3 Å². The lowest BCUT2D eigenvalue weighted by atomic mass is 9.81. The number of hydrogen-bond donors (Lipinski definition) is 1. The fourth-order valence-corrected chi connectivity index (χ4v) is 2.33. The molecule has 3 nitrogen and oxygen atoms in total. The predicted octanol–water partition coefficient (Wildman–Crippen LogP) is 3.91. The molecule has 1 heterocycles. The zero-order chi connectivity index (χ0) is 15.6. The lowest BCUT2D eigenvalue weighted by Gasteiger charge is -2.23. The molecule has 3 heteroatoms. The van der Waals surface area contributed by atoms with Gasteiger partial charge in [-0.3, -0.25) is 4.79 Å². The van der Waals surface area contributed by atoms with E-state index in [0.717, 1.165) is 17.7 Å². The maximum atomic E-state index is 11.9. The third kappa shape index (κ3) is 2.90. The van der Waals surface area contributed by atoms with E-state index in [-0.39, 0.29) is 16.5 Å². The Kier molecular flexibility index (Phi) is 3.99. The smallest absolute Gasteiger partial charge is 0.266 e. The Morgan fingerprint density at radius 2 is 1.86 bits per heavy atom. The lowest BCUT2D eigenvalue weighted by molar-refractivity contribution is 0.506. The van der Waals surface area contributed by atoms with Crippen molar-refractivity contribution < 1.29 is 0 Å². The van der Waals surface area contributed by atoms with Gasteiger partial charge in [0, 0.05) is 11.3 Å². The molecule has 0 unspecified atom stereocenters. The molecule has 0 aliphatic carbocycles. The highest BCUT2D eigenvalue weighted by Crippen LogP contribution is 2.29. The topological polar surface area (TPSA) is 56.6 Å². The van der Waals surface area contributed by atoms with Gasteiger partial charge in [0.1, 0.15) is 11.6 Å². The summed E-state index contributed by atoms with van der Waals surface area (Å²) in [5.41, 5.74) is 3.58. The minimum atomic E-state index is -0.328. The SMILES string of the molecule is CCC(C)(C)c1ccc(-c2cc(C)[nH]c(=O)c2C#N)cc1. The Bertz CT molecular complexity index is 746. The molecule has 2 rings (SSSR count). The summed E-state index contributed by atoms with van der Waals surface area (Å²) in [5, 5.41) is 9.20. The molecule has 1 aromatic carbocycles. The van der Waals surface area contributed by atoms with Gasteiger partial charge in [-0.05, 0) is 36.0 Å². The van der Waals surface area contributed by atoms with E-state index in [1.165, 1.54) is 5.56 Å². The van der Waals surface area contributed by atoms with E-state index in [1.54, 1.807) is 0 Å². The molecular formula is C18H20N2O. The van der Waals surface area contributed by atoms with Gasteiger partial charge in [0.05, 0.1) is 0 Å². The Labute approximate surface area is 125 Å². The van der Waals surface area contributed by atoms with Gasteiger partial charge in [-0.25, -0.2) is 0 Å². The van der Waals surface area contributed by atoms with Crippen LogP contribution in [0.15, 0.2) is 35.1 Å². The van der Waals surface area contributed by atoms with Crippen molar-refractivity contribution in [3.8, 4) is 17.2 Å². The van der Waals surface area contributed by atoms with E-state index >= 15 is 0 Å². The number of benzene rings is 1. The molecule has 1 N–H and O–H groups in total. The number of nitrogens with one attached hydrogen (secondary N) is 1. The first-order valence-corrected chi connectivity index (χ1v) is 7.14. The van der Waals surface area contributed by atoms with Crippen molar-refractivity contribution in [1.29, 1.82) is 5.26 Å². The van der Waals surface area contributed by atoms with Gasteiger partial charge in [-0.15, -0.1) is 0 Å². The van der Waals surface area contributed by atoms with Crippen LogP contribution in [0.4, 0.5) is 0 Å². The van der Waals surface area contributed by atoms with Crippen LogP contribution < -0.4 is 5.56 Å². The van der Waals surface area contributed by atoms with E-state index in [1.807, 2.05) is 31.2 Å². The van der Waals surface area contributed by atoms with Crippen molar-refractivity contribution in [2.75, 3.05) is 0 Å². The summed E-state index contributed by atoms with van der Waals surface area (Å²) in [6, 6.07) is 12.0. The Morgan fingerprint density at radius 3 is 2.38 bits per heavy atom. The average Bonchev–Trinajstić information content (AvgIpc) is 2.46. The van der Waals surface area contributed by atoms with Crippen molar-refractivity contribution in [1.82, 2.24) is 4.98 Å². The number of pyridine rings is 1. The molecule has 2 aromatic rings. The summed E-state index contributed by atoms with van der Waals surface area (Å²) in [7, 11) is 0. The van der Waals surface area contributed by atoms with Crippen LogP contribution in [0.2, 0.25) is 0 Å². The van der Waals surface area contributed by atoms with Crippen molar-refractivity contribution in [3.05, 3.63) is 57.5 Å². The molecule has 0 amide bonds. The van der Waals surface area contributed by atoms with E-state index in [4.69, 9.17) is 0 Å². The lowest BCUT2D eigenvalue weighted by Crippen LogP contribution is -2.15. The van der Waals surface area contributed by atoms with Crippen LogP contribution in [0.3, 0.4) is 0 Å². The molecule has 0 saturated carbocycles. The first kappa shape index (κ1) is 15.1. The fraction of sp³-hybridized carbons (Fsp3) is 0.333. The summed E-state index contributed by atoms with van der Waals surface area (Å²) >= 11 is 0. The molecule has 0 aliphatic rings. The number of aromatic amines is 1. The molecule has 0 saturated heterocycles. The molecule has 1 aromatic heterocycles. The molecule has 0 spiro atoms. The average molecular weight is 280 g/mol. The Morgan fingerprint density at radius 1 is 1.24 bits per heavy atom. The molecule has 0 aliphatic heterocycles. The third-order valence-electron chi connectivity index (χ3n) is 4.14. The summed E-state index contributed by atoms with van der Waals surface area (Å²) in [4.78, 5) is 14.5. The number of rotatable bonds is 3. The number of aromatic nitrogens is 1. The van der Waals surface area contributed by atoms with E-state index in [2.05, 4.69) is 37.9 Å². The zero-order valence-electron chi connectivity index (χ0n) is 12.9. The number of hydrogen-bond acceptors (Lipinski definition) is 2. The van der Waals surface area contributed by atoms with E-state index < -0.39 is 0 Å². The van der Waals surface area contributed by atoms with Gasteiger partial charge < -0.3 is 4.98 Å². The number of aryl methyl sites for hydroxylation is 1. The van der Waals surface area contributed by atoms with E-state index in [0.29, 0.717) is 5.56 Å². The van der Waals surface area contributed by atoms with Crippen LogP contribution in [0.25, 0.3) is 11.1 Å². The molecule has 108 valence electrons. The molecule has 21 heavy (non-hydrogen) atoms. The second kappa shape index (κ2) is 5.57. The first-order valence-electron chi connectivity index (χ1n) is 7.14. The van der Waals surface area contributed by atoms with Crippen LogP contribution in [0.5, 0.6) is 0 Å². The molecular weight excluding hydrogens is 260 g/mol. The summed E-state index contributed by atoms with van der Waals surface area (Å²) in [6.45, 7) is 8.41. The first-order chi connectivity index (χ1) is 9.89. The fourth-order valence-electron chi connectivity index (χ4n) is 2.33. The standard InChI is InChI=1S/C18H20N2O/c1-5-18(3,4)14-8-6-13(7-9-14)15-10-12(2)20-17(21)16(15)11-19/h6-10H,5H2,1-4H3,(H,20,21). The van der Waals surface area contributed by atoms with Crippen molar-refractivity contribution >= 4 is 0 Å². The minimum Gasteiger partial charge on any atom is -0.325 e. The van der Waals surface area contributed by atoms with Crippen LogP contribution in [-0.2, 0) is 5.41 Å². The Hall–Kier alpha value is -2.34. The second-order valence-corrected chi connectivity index (χ2v) is 6.00. The highest BCUT2D eigenvalue weighted by molar-refractivity contribution is 5.70. The minimum absolute atomic E-state index is 0.126. The van der Waals surface area contributed by atoms with Gasteiger partial charge in [-0.2, -0.15) is 5.26 Å². The van der Waals surface area contributed by atoms with E-state index in [9.17, 15) is 10.1 Å². The van der Waals surface area contributed by atoms with Gasteiger partial charge in [0.15, 0.2) is 0 Å². The number of nitrogens with zero attached hydrogens (tertiary/aromatic N) is 1. The van der Waals surface area contributed by atoms with Crippen LogP contribution in [-0.4, -0.2) is 4.98 Å². The Balaban J connectivity index is 2.55. The largest absolute Gasteiger partial charge is 0.325 e. The monoisotopic (exact) mass is 280 g/mol. The highest BCUT2D eigenvalue weighted by atomic mass is 16.1. The third-order valence-corrected chi connectivity index (χ3v) is 4.14. The quantitative estimate of drug-likeness (QED) is 0.926. The van der Waals surface area contributed by atoms with Gasteiger partial charge >= 0.3 is 0 Å². The van der Waals surface area contributed by atoms with Gasteiger partial charge in [0.2, 0.25) is 0 Å². The molecule has 0 fully saturated rings. The number of H-pyrrole nitrogens is 1. The molecule has 0 bridgehead atoms. The number of nitriles is 1. The van der Waals surface area contributed by atoms with Gasteiger partial charge in [-0.1, -0.05) is 45.0 Å². The maximum Gasteiger partial charge on any atom is 0.266 e. The zero-order valence-corrected chi connectivity index (χ0v) is 12.9. The molecule has 0 radical (unpaired) electrons. The summed E-state index contributed by atoms with van der Waals surface area (Å²) in [6.07, 6.45) is 1.06. The summed E-state index contributed by atoms with van der Waals surface area (Å²) < 4.78 is 0.